The molecule has 0 saturated heterocycles. The van der Waals surface area contributed by atoms with Crippen molar-refractivity contribution in [2.75, 3.05) is 6.61 Å². The number of ether oxygens (including phenoxy) is 1. The molecule has 0 aliphatic heterocycles. The molecule has 0 aromatic carbocycles. The van der Waals surface area contributed by atoms with Crippen LogP contribution in [-0.4, -0.2) is 18.7 Å². The van der Waals surface area contributed by atoms with E-state index in [1.165, 1.54) is 89.9 Å². The summed E-state index contributed by atoms with van der Waals surface area (Å²) in [5.41, 5.74) is 0. The highest BCUT2D eigenvalue weighted by molar-refractivity contribution is 5.69. The molecule has 0 spiro atoms. The third-order valence-electron chi connectivity index (χ3n) is 6.16. The second-order valence-corrected chi connectivity index (χ2v) is 8.94. The van der Waals surface area contributed by atoms with E-state index in [4.69, 9.17) is 4.74 Å². The molecular weight excluding hydrogens is 360 g/mol. The zero-order valence-corrected chi connectivity index (χ0v) is 20.0. The SMILES string of the molecule is CCCCCCCCCCCCCCCCC(OCC(CC)CCCC)C(=O)[O-]. The van der Waals surface area contributed by atoms with E-state index in [0.29, 0.717) is 18.9 Å². The highest BCUT2D eigenvalue weighted by Gasteiger charge is 2.13. The van der Waals surface area contributed by atoms with Gasteiger partial charge in [0.25, 0.3) is 0 Å². The molecule has 0 saturated carbocycles. The second-order valence-electron chi connectivity index (χ2n) is 8.94. The lowest BCUT2D eigenvalue weighted by Gasteiger charge is -2.22. The molecular formula is C26H51O3-. The lowest BCUT2D eigenvalue weighted by Crippen LogP contribution is -2.38. The van der Waals surface area contributed by atoms with Crippen LogP contribution in [-0.2, 0) is 9.53 Å². The molecule has 2 unspecified atom stereocenters. The summed E-state index contributed by atoms with van der Waals surface area (Å²) in [5.74, 6) is -0.557. The number of carboxylic acids is 1. The number of unbranched alkanes of at least 4 members (excludes halogenated alkanes) is 14. The van der Waals surface area contributed by atoms with Crippen LogP contribution >= 0.6 is 0 Å². The zero-order valence-electron chi connectivity index (χ0n) is 20.0. The number of hydrogen-bond acceptors (Lipinski definition) is 3. The number of rotatable bonds is 23. The van der Waals surface area contributed by atoms with E-state index in [9.17, 15) is 9.90 Å². The predicted octanol–water partition coefficient (Wildman–Crippen LogP) is 7.21. The molecule has 3 nitrogen and oxygen atoms in total. The van der Waals surface area contributed by atoms with Gasteiger partial charge in [-0.05, 0) is 18.8 Å². The molecule has 0 aromatic heterocycles. The topological polar surface area (TPSA) is 49.4 Å². The Morgan fingerprint density at radius 2 is 1.10 bits per heavy atom. The minimum absolute atomic E-state index is 0.480. The fraction of sp³-hybridized carbons (Fsp3) is 0.962. The van der Waals surface area contributed by atoms with Crippen LogP contribution in [0.5, 0.6) is 0 Å². The first kappa shape index (κ1) is 28.4. The Balaban J connectivity index is 3.56. The van der Waals surface area contributed by atoms with Crippen molar-refractivity contribution < 1.29 is 14.6 Å². The van der Waals surface area contributed by atoms with Gasteiger partial charge in [0.1, 0.15) is 0 Å². The maximum absolute atomic E-state index is 11.3. The number of carbonyl (C=O) groups is 1. The predicted molar refractivity (Wildman–Crippen MR) is 123 cm³/mol. The van der Waals surface area contributed by atoms with Gasteiger partial charge >= 0.3 is 0 Å². The summed E-state index contributed by atoms with van der Waals surface area (Å²) in [4.78, 5) is 11.3. The quantitative estimate of drug-likeness (QED) is 0.167. The highest BCUT2D eigenvalue weighted by atomic mass is 16.5. The van der Waals surface area contributed by atoms with Crippen LogP contribution in [0, 0.1) is 5.92 Å². The van der Waals surface area contributed by atoms with Gasteiger partial charge in [0.05, 0.1) is 18.7 Å². The summed E-state index contributed by atoms with van der Waals surface area (Å²) >= 11 is 0. The summed E-state index contributed by atoms with van der Waals surface area (Å²) in [6.45, 7) is 7.18. The minimum atomic E-state index is -1.04. The van der Waals surface area contributed by atoms with Crippen LogP contribution < -0.4 is 5.11 Å². The number of carboxylic acid groups (broad SMARTS) is 1. The van der Waals surface area contributed by atoms with Crippen LogP contribution in [0.3, 0.4) is 0 Å². The largest absolute Gasteiger partial charge is 0.547 e. The number of aliphatic carboxylic acids is 1. The van der Waals surface area contributed by atoms with Crippen molar-refractivity contribution in [3.05, 3.63) is 0 Å². The Hall–Kier alpha value is -0.570. The van der Waals surface area contributed by atoms with Gasteiger partial charge in [0, 0.05) is 0 Å². The molecule has 0 N–H and O–H groups in total. The first-order valence-corrected chi connectivity index (χ1v) is 13.0. The first-order valence-electron chi connectivity index (χ1n) is 13.0. The Kier molecular flexibility index (Phi) is 21.7. The summed E-state index contributed by atoms with van der Waals surface area (Å²) in [6, 6.07) is 0. The van der Waals surface area contributed by atoms with E-state index in [-0.39, 0.29) is 0 Å². The van der Waals surface area contributed by atoms with Gasteiger partial charge in [0.15, 0.2) is 0 Å². The maximum Gasteiger partial charge on any atom is 0.0968 e. The van der Waals surface area contributed by atoms with Crippen LogP contribution in [0.1, 0.15) is 143 Å². The van der Waals surface area contributed by atoms with E-state index in [1.807, 2.05) is 0 Å². The first-order chi connectivity index (χ1) is 14.2. The lowest BCUT2D eigenvalue weighted by molar-refractivity contribution is -0.317. The number of carbonyl (C=O) groups excluding carboxylic acids is 1. The van der Waals surface area contributed by atoms with Gasteiger partial charge in [-0.25, -0.2) is 0 Å². The summed E-state index contributed by atoms with van der Waals surface area (Å²) in [5, 5.41) is 11.3. The molecule has 0 heterocycles. The van der Waals surface area contributed by atoms with Crippen molar-refractivity contribution >= 4 is 5.97 Å². The molecule has 0 rings (SSSR count). The van der Waals surface area contributed by atoms with Crippen molar-refractivity contribution in [2.24, 2.45) is 5.92 Å². The van der Waals surface area contributed by atoms with E-state index in [2.05, 4.69) is 20.8 Å². The van der Waals surface area contributed by atoms with Crippen molar-refractivity contribution in [2.45, 2.75) is 149 Å². The molecule has 29 heavy (non-hydrogen) atoms. The normalized spacial score (nSPS) is 13.5. The van der Waals surface area contributed by atoms with Gasteiger partial charge in [-0.1, -0.05) is 130 Å². The molecule has 0 fully saturated rings. The molecule has 0 radical (unpaired) electrons. The minimum Gasteiger partial charge on any atom is -0.547 e. The molecule has 0 aliphatic rings. The van der Waals surface area contributed by atoms with Gasteiger partial charge in [-0.3, -0.25) is 0 Å². The van der Waals surface area contributed by atoms with Gasteiger partial charge in [0.2, 0.25) is 0 Å². The molecule has 0 amide bonds. The molecule has 0 aliphatic carbocycles. The van der Waals surface area contributed by atoms with Gasteiger partial charge in [-0.15, -0.1) is 0 Å². The molecule has 0 bridgehead atoms. The van der Waals surface area contributed by atoms with Gasteiger partial charge < -0.3 is 14.6 Å². The van der Waals surface area contributed by atoms with Crippen LogP contribution in [0.2, 0.25) is 0 Å². The summed E-state index contributed by atoms with van der Waals surface area (Å²) in [7, 11) is 0. The van der Waals surface area contributed by atoms with E-state index >= 15 is 0 Å². The molecule has 174 valence electrons. The Morgan fingerprint density at radius 1 is 0.655 bits per heavy atom. The number of hydrogen-bond donors (Lipinski definition) is 0. The van der Waals surface area contributed by atoms with E-state index in [0.717, 1.165) is 25.7 Å². The molecule has 2 atom stereocenters. The second kappa shape index (κ2) is 22.1. The Bertz CT molecular complexity index is 343. The van der Waals surface area contributed by atoms with E-state index < -0.39 is 12.1 Å². The fourth-order valence-electron chi connectivity index (χ4n) is 3.94. The third-order valence-corrected chi connectivity index (χ3v) is 6.16. The van der Waals surface area contributed by atoms with Crippen molar-refractivity contribution in [1.29, 1.82) is 0 Å². The smallest absolute Gasteiger partial charge is 0.0968 e. The summed E-state index contributed by atoms with van der Waals surface area (Å²) in [6.07, 6.45) is 22.8. The van der Waals surface area contributed by atoms with Gasteiger partial charge in [-0.2, -0.15) is 0 Å². The Morgan fingerprint density at radius 3 is 1.52 bits per heavy atom. The van der Waals surface area contributed by atoms with Crippen molar-refractivity contribution in [3.8, 4) is 0 Å². The van der Waals surface area contributed by atoms with Crippen molar-refractivity contribution in [1.82, 2.24) is 0 Å². The fourth-order valence-corrected chi connectivity index (χ4v) is 3.94. The molecule has 3 heteroatoms. The monoisotopic (exact) mass is 411 g/mol. The highest BCUT2D eigenvalue weighted by Crippen LogP contribution is 2.17. The van der Waals surface area contributed by atoms with Crippen LogP contribution in [0.15, 0.2) is 0 Å². The standard InChI is InChI=1S/C26H52O3/c1-4-7-9-10-11-12-13-14-15-16-17-18-19-20-22-25(26(27)28)29-23-24(6-3)21-8-5-2/h24-25H,4-23H2,1-3H3,(H,27,28)/p-1. The average Bonchev–Trinajstić information content (AvgIpc) is 2.72. The molecule has 0 aromatic rings. The average molecular weight is 412 g/mol. The lowest BCUT2D eigenvalue weighted by atomic mass is 10.0. The maximum atomic E-state index is 11.3. The summed E-state index contributed by atoms with van der Waals surface area (Å²) < 4.78 is 5.71. The van der Waals surface area contributed by atoms with E-state index in [1.54, 1.807) is 0 Å². The Labute approximate surface area is 182 Å². The van der Waals surface area contributed by atoms with Crippen LogP contribution in [0.4, 0.5) is 0 Å². The zero-order chi connectivity index (χ0) is 21.6. The third kappa shape index (κ3) is 19.2. The van der Waals surface area contributed by atoms with Crippen LogP contribution in [0.25, 0.3) is 0 Å². The van der Waals surface area contributed by atoms with Crippen molar-refractivity contribution in [3.63, 3.8) is 0 Å².